The third kappa shape index (κ3) is 7.03. The molecule has 0 atom stereocenters. The molecule has 7 heteroatoms. The largest absolute Gasteiger partial charge is 0.497 e. The molecule has 0 heterocycles. The Labute approximate surface area is 157 Å². The lowest BCUT2D eigenvalue weighted by molar-refractivity contribution is -0.120. The summed E-state index contributed by atoms with van der Waals surface area (Å²) < 4.78 is 5.08. The third-order valence-corrected chi connectivity index (χ3v) is 3.88. The molecule has 0 unspecified atom stereocenters. The molecular formula is C19H22ClN3O3. The third-order valence-electron chi connectivity index (χ3n) is 3.65. The number of carbonyl (C=O) groups excluding carboxylic acids is 2. The summed E-state index contributed by atoms with van der Waals surface area (Å²) in [6, 6.07) is 14.5. The van der Waals surface area contributed by atoms with Crippen molar-refractivity contribution in [3.8, 4) is 5.75 Å². The summed E-state index contributed by atoms with van der Waals surface area (Å²) in [5.74, 6) is 0.502. The van der Waals surface area contributed by atoms with Gasteiger partial charge in [0.15, 0.2) is 0 Å². The maximum atomic E-state index is 11.8. The number of carbonyl (C=O) groups is 2. The Morgan fingerprint density at radius 2 is 1.77 bits per heavy atom. The van der Waals surface area contributed by atoms with Gasteiger partial charge in [0, 0.05) is 18.1 Å². The number of nitrogens with one attached hydrogen (secondary N) is 3. The molecule has 0 aromatic heterocycles. The van der Waals surface area contributed by atoms with E-state index in [9.17, 15) is 9.59 Å². The quantitative estimate of drug-likeness (QED) is 0.663. The van der Waals surface area contributed by atoms with Gasteiger partial charge < -0.3 is 20.7 Å². The minimum absolute atomic E-state index is 0.0842. The van der Waals surface area contributed by atoms with Crippen LogP contribution in [-0.4, -0.2) is 32.1 Å². The van der Waals surface area contributed by atoms with Crippen LogP contribution in [-0.2, 0) is 17.8 Å². The van der Waals surface area contributed by atoms with Crippen LogP contribution in [0.1, 0.15) is 11.1 Å². The smallest absolute Gasteiger partial charge is 0.315 e. The van der Waals surface area contributed by atoms with Crippen molar-refractivity contribution in [1.29, 1.82) is 0 Å². The van der Waals surface area contributed by atoms with Gasteiger partial charge in [0.25, 0.3) is 0 Å². The predicted octanol–water partition coefficient (Wildman–Crippen LogP) is 2.51. The number of hydrogen-bond donors (Lipinski definition) is 3. The van der Waals surface area contributed by atoms with Crippen LogP contribution >= 0.6 is 11.6 Å². The van der Waals surface area contributed by atoms with Crippen molar-refractivity contribution in [2.45, 2.75) is 13.0 Å². The molecule has 2 aromatic rings. The van der Waals surface area contributed by atoms with Crippen molar-refractivity contribution < 1.29 is 14.3 Å². The number of ether oxygens (including phenoxy) is 1. The fraction of sp³-hybridized carbons (Fsp3) is 0.263. The molecule has 0 bridgehead atoms. The first-order chi connectivity index (χ1) is 12.6. The monoisotopic (exact) mass is 375 g/mol. The molecule has 2 rings (SSSR count). The molecule has 0 radical (unpaired) electrons. The van der Waals surface area contributed by atoms with Gasteiger partial charge in [-0.2, -0.15) is 0 Å². The van der Waals surface area contributed by atoms with Crippen molar-refractivity contribution in [2.75, 3.05) is 20.2 Å². The van der Waals surface area contributed by atoms with Gasteiger partial charge in [-0.3, -0.25) is 4.79 Å². The SMILES string of the molecule is COc1ccc(CNC(=O)CNC(=O)NCCc2cccc(Cl)c2)cc1. The van der Waals surface area contributed by atoms with Crippen molar-refractivity contribution in [3.05, 3.63) is 64.7 Å². The highest BCUT2D eigenvalue weighted by Gasteiger charge is 2.05. The lowest BCUT2D eigenvalue weighted by Crippen LogP contribution is -2.42. The van der Waals surface area contributed by atoms with Crippen LogP contribution in [0, 0.1) is 0 Å². The lowest BCUT2D eigenvalue weighted by Gasteiger charge is -2.09. The Balaban J connectivity index is 1.61. The second-order valence-electron chi connectivity index (χ2n) is 5.61. The van der Waals surface area contributed by atoms with E-state index in [1.54, 1.807) is 13.2 Å². The normalized spacial score (nSPS) is 10.1. The van der Waals surface area contributed by atoms with Crippen molar-refractivity contribution >= 4 is 23.5 Å². The second kappa shape index (κ2) is 10.3. The van der Waals surface area contributed by atoms with Gasteiger partial charge in [0.1, 0.15) is 5.75 Å². The van der Waals surface area contributed by atoms with Crippen LogP contribution < -0.4 is 20.7 Å². The van der Waals surface area contributed by atoms with E-state index in [-0.39, 0.29) is 18.5 Å². The topological polar surface area (TPSA) is 79.5 Å². The molecular weight excluding hydrogens is 354 g/mol. The first kappa shape index (κ1) is 19.6. The van der Waals surface area contributed by atoms with E-state index in [1.807, 2.05) is 42.5 Å². The van der Waals surface area contributed by atoms with E-state index in [4.69, 9.17) is 16.3 Å². The number of halogens is 1. The van der Waals surface area contributed by atoms with Gasteiger partial charge in [-0.25, -0.2) is 4.79 Å². The van der Waals surface area contributed by atoms with E-state index in [1.165, 1.54) is 0 Å². The molecule has 138 valence electrons. The van der Waals surface area contributed by atoms with E-state index >= 15 is 0 Å². The van der Waals surface area contributed by atoms with E-state index in [2.05, 4.69) is 16.0 Å². The van der Waals surface area contributed by atoms with Crippen LogP contribution in [0.2, 0.25) is 5.02 Å². The van der Waals surface area contributed by atoms with Crippen LogP contribution in [0.5, 0.6) is 5.75 Å². The predicted molar refractivity (Wildman–Crippen MR) is 101 cm³/mol. The van der Waals surface area contributed by atoms with E-state index in [0.717, 1.165) is 16.9 Å². The molecule has 3 amide bonds. The number of amides is 3. The maximum Gasteiger partial charge on any atom is 0.315 e. The fourth-order valence-corrected chi connectivity index (χ4v) is 2.46. The molecule has 0 aliphatic carbocycles. The van der Waals surface area contributed by atoms with Crippen molar-refractivity contribution in [3.63, 3.8) is 0 Å². The van der Waals surface area contributed by atoms with Crippen LogP contribution in [0.15, 0.2) is 48.5 Å². The Kier molecular flexibility index (Phi) is 7.76. The van der Waals surface area contributed by atoms with Gasteiger partial charge in [-0.1, -0.05) is 35.9 Å². The summed E-state index contributed by atoms with van der Waals surface area (Å²) >= 11 is 5.91. The van der Waals surface area contributed by atoms with Gasteiger partial charge in [0.2, 0.25) is 5.91 Å². The number of rotatable bonds is 8. The summed E-state index contributed by atoms with van der Waals surface area (Å²) in [5.41, 5.74) is 1.99. The fourth-order valence-electron chi connectivity index (χ4n) is 2.24. The Hall–Kier alpha value is -2.73. The van der Waals surface area contributed by atoms with E-state index < -0.39 is 0 Å². The number of hydrogen-bond acceptors (Lipinski definition) is 3. The van der Waals surface area contributed by atoms with Crippen LogP contribution in [0.4, 0.5) is 4.79 Å². The first-order valence-electron chi connectivity index (χ1n) is 8.22. The Morgan fingerprint density at radius 1 is 1.00 bits per heavy atom. The number of urea groups is 1. The highest BCUT2D eigenvalue weighted by molar-refractivity contribution is 6.30. The van der Waals surface area contributed by atoms with Gasteiger partial charge in [-0.15, -0.1) is 0 Å². The average Bonchev–Trinajstić information content (AvgIpc) is 2.65. The maximum absolute atomic E-state index is 11.8. The Morgan fingerprint density at radius 3 is 2.46 bits per heavy atom. The molecule has 26 heavy (non-hydrogen) atoms. The van der Waals surface area contributed by atoms with Crippen LogP contribution in [0.3, 0.4) is 0 Å². The molecule has 0 fully saturated rings. The summed E-state index contributed by atoms with van der Waals surface area (Å²) in [6.07, 6.45) is 0.664. The highest BCUT2D eigenvalue weighted by Crippen LogP contribution is 2.11. The molecule has 0 aliphatic rings. The molecule has 0 spiro atoms. The molecule has 0 saturated carbocycles. The summed E-state index contributed by atoms with van der Waals surface area (Å²) in [6.45, 7) is 0.764. The first-order valence-corrected chi connectivity index (χ1v) is 8.60. The molecule has 2 aromatic carbocycles. The van der Waals surface area contributed by atoms with Crippen molar-refractivity contribution in [1.82, 2.24) is 16.0 Å². The summed E-state index contributed by atoms with van der Waals surface area (Å²) in [5, 5.41) is 8.64. The zero-order valence-electron chi connectivity index (χ0n) is 14.5. The van der Waals surface area contributed by atoms with Crippen molar-refractivity contribution in [2.24, 2.45) is 0 Å². The van der Waals surface area contributed by atoms with E-state index in [0.29, 0.717) is 24.5 Å². The zero-order valence-corrected chi connectivity index (χ0v) is 15.3. The van der Waals surface area contributed by atoms with Crippen LogP contribution in [0.25, 0.3) is 0 Å². The molecule has 0 aliphatic heterocycles. The molecule has 0 saturated heterocycles. The summed E-state index contributed by atoms with van der Waals surface area (Å²) in [4.78, 5) is 23.5. The number of benzene rings is 2. The average molecular weight is 376 g/mol. The highest BCUT2D eigenvalue weighted by atomic mass is 35.5. The lowest BCUT2D eigenvalue weighted by atomic mass is 10.1. The standard InChI is InChI=1S/C19H22ClN3O3/c1-26-17-7-5-15(6-8-17)12-22-18(24)13-23-19(25)21-10-9-14-3-2-4-16(20)11-14/h2-8,11H,9-10,12-13H2,1H3,(H,22,24)(H2,21,23,25). The molecule has 6 nitrogen and oxygen atoms in total. The minimum atomic E-state index is -0.383. The van der Waals surface area contributed by atoms with Gasteiger partial charge >= 0.3 is 6.03 Å². The molecule has 3 N–H and O–H groups in total. The summed E-state index contributed by atoms with van der Waals surface area (Å²) in [7, 11) is 1.60. The second-order valence-corrected chi connectivity index (χ2v) is 6.05. The minimum Gasteiger partial charge on any atom is -0.497 e. The van der Waals surface area contributed by atoms with Gasteiger partial charge in [-0.05, 0) is 41.8 Å². The Bertz CT molecular complexity index is 735. The van der Waals surface area contributed by atoms with Gasteiger partial charge in [0.05, 0.1) is 13.7 Å². The number of methoxy groups -OCH3 is 1. The zero-order chi connectivity index (χ0) is 18.8.